The molecule has 1 aromatic rings. The molecule has 9 heteroatoms. The lowest BCUT2D eigenvalue weighted by Gasteiger charge is -2.36. The van der Waals surface area contributed by atoms with Crippen LogP contribution >= 0.6 is 0 Å². The lowest BCUT2D eigenvalue weighted by molar-refractivity contribution is 0.0975. The molecule has 24 heavy (non-hydrogen) atoms. The predicted molar refractivity (Wildman–Crippen MR) is 97.1 cm³/mol. The first-order chi connectivity index (χ1) is 10.6. The number of nitrogens with zero attached hydrogens (tertiary/aromatic N) is 3. The van der Waals surface area contributed by atoms with Gasteiger partial charge in [-0.1, -0.05) is 33.9 Å². The molecule has 1 aromatic heterocycles. The number of ketones is 2. The fraction of sp³-hybridized carbons (Fsp3) is 0.667. The van der Waals surface area contributed by atoms with Gasteiger partial charge in [0.1, 0.15) is 24.9 Å². The van der Waals surface area contributed by atoms with Crippen LogP contribution in [0.4, 0.5) is 0 Å². The molecule has 0 amide bonds. The van der Waals surface area contributed by atoms with Gasteiger partial charge in [0.05, 0.1) is 0 Å². The van der Waals surface area contributed by atoms with Crippen molar-refractivity contribution in [3.8, 4) is 0 Å². The quantitative estimate of drug-likeness (QED) is 0.578. The van der Waals surface area contributed by atoms with Crippen molar-refractivity contribution in [3.05, 3.63) is 11.4 Å². The standard InChI is InChI=1S/C15H27N3O4SSi/c1-10(19)12-13(11(2)20)18(23(21,22)17(6)7)14(16-12)24(8,9)15(3,4)5/h1-9H3. The van der Waals surface area contributed by atoms with Gasteiger partial charge >= 0.3 is 10.2 Å². The Labute approximate surface area is 145 Å². The summed E-state index contributed by atoms with van der Waals surface area (Å²) in [6, 6.07) is 0. The summed E-state index contributed by atoms with van der Waals surface area (Å²) in [6.07, 6.45) is 0. The van der Waals surface area contributed by atoms with Gasteiger partial charge in [-0.05, 0) is 5.04 Å². The largest absolute Gasteiger partial charge is 0.308 e. The fourth-order valence-corrected chi connectivity index (χ4v) is 5.82. The van der Waals surface area contributed by atoms with Crippen molar-refractivity contribution >= 4 is 35.3 Å². The molecular formula is C15H27N3O4SSi. The molecule has 0 unspecified atom stereocenters. The molecule has 0 aliphatic carbocycles. The van der Waals surface area contributed by atoms with Crippen LogP contribution in [0.3, 0.4) is 0 Å². The average molecular weight is 374 g/mol. The number of aromatic nitrogens is 2. The van der Waals surface area contributed by atoms with Crippen LogP contribution in [0.5, 0.6) is 0 Å². The maximum Gasteiger partial charge on any atom is 0.308 e. The SMILES string of the molecule is CC(=O)c1nc([Si](C)(C)C(C)(C)C)n(S(=O)(=O)N(C)C)c1C(C)=O. The van der Waals surface area contributed by atoms with E-state index in [2.05, 4.69) is 4.98 Å². The van der Waals surface area contributed by atoms with Gasteiger partial charge in [0.25, 0.3) is 0 Å². The first-order valence-electron chi connectivity index (χ1n) is 7.65. The topological polar surface area (TPSA) is 89.3 Å². The van der Waals surface area contributed by atoms with E-state index in [4.69, 9.17) is 0 Å². The summed E-state index contributed by atoms with van der Waals surface area (Å²) < 4.78 is 27.8. The van der Waals surface area contributed by atoms with Crippen LogP contribution in [-0.2, 0) is 10.2 Å². The van der Waals surface area contributed by atoms with E-state index in [9.17, 15) is 18.0 Å². The lowest BCUT2D eigenvalue weighted by Crippen LogP contribution is -2.56. The zero-order valence-corrected chi connectivity index (χ0v) is 17.7. The first-order valence-corrected chi connectivity index (χ1v) is 12.0. The van der Waals surface area contributed by atoms with Gasteiger partial charge in [0, 0.05) is 27.9 Å². The van der Waals surface area contributed by atoms with Crippen LogP contribution in [-0.4, -0.2) is 55.4 Å². The van der Waals surface area contributed by atoms with Gasteiger partial charge in [-0.15, -0.1) is 0 Å². The van der Waals surface area contributed by atoms with E-state index in [1.54, 1.807) is 0 Å². The van der Waals surface area contributed by atoms with Crippen molar-refractivity contribution in [2.24, 2.45) is 0 Å². The molecule has 0 saturated heterocycles. The van der Waals surface area contributed by atoms with Gasteiger partial charge in [-0.3, -0.25) is 9.59 Å². The number of imidazole rings is 1. The van der Waals surface area contributed by atoms with Crippen molar-refractivity contribution in [2.75, 3.05) is 14.1 Å². The highest BCUT2D eigenvalue weighted by molar-refractivity contribution is 7.87. The Morgan fingerprint density at radius 1 is 1.08 bits per heavy atom. The first kappa shape index (κ1) is 20.7. The molecule has 1 heterocycles. The summed E-state index contributed by atoms with van der Waals surface area (Å²) in [6.45, 7) is 12.6. The number of carbonyl (C=O) groups is 2. The molecule has 0 fully saturated rings. The smallest absolute Gasteiger partial charge is 0.293 e. The highest BCUT2D eigenvalue weighted by atomic mass is 32.2. The number of carbonyl (C=O) groups excluding carboxylic acids is 2. The van der Waals surface area contributed by atoms with Crippen molar-refractivity contribution in [2.45, 2.75) is 52.8 Å². The van der Waals surface area contributed by atoms with Crippen molar-refractivity contribution in [1.29, 1.82) is 0 Å². The zero-order valence-electron chi connectivity index (χ0n) is 15.9. The van der Waals surface area contributed by atoms with Crippen LogP contribution in [0.2, 0.25) is 18.1 Å². The summed E-state index contributed by atoms with van der Waals surface area (Å²) in [7, 11) is -3.65. The second kappa shape index (κ2) is 6.20. The van der Waals surface area contributed by atoms with E-state index in [0.717, 1.165) is 8.28 Å². The minimum absolute atomic E-state index is 0.0762. The number of Topliss-reactive ketones (excluding diaryl/α,β-unsaturated/α-hetero) is 2. The minimum atomic E-state index is -3.99. The third kappa shape index (κ3) is 3.24. The molecule has 0 bridgehead atoms. The molecule has 0 radical (unpaired) electrons. The molecule has 0 aliphatic heterocycles. The Morgan fingerprint density at radius 3 is 1.83 bits per heavy atom. The average Bonchev–Trinajstić information content (AvgIpc) is 2.78. The van der Waals surface area contributed by atoms with E-state index in [1.807, 2.05) is 33.9 Å². The Morgan fingerprint density at radius 2 is 1.54 bits per heavy atom. The molecule has 0 aliphatic rings. The molecule has 0 spiro atoms. The third-order valence-electron chi connectivity index (χ3n) is 4.63. The van der Waals surface area contributed by atoms with Gasteiger partial charge in [-0.25, -0.2) is 8.96 Å². The minimum Gasteiger partial charge on any atom is -0.293 e. The van der Waals surface area contributed by atoms with Gasteiger partial charge < -0.3 is 0 Å². The van der Waals surface area contributed by atoms with Gasteiger partial charge in [0.2, 0.25) is 0 Å². The predicted octanol–water partition coefficient (Wildman–Crippen LogP) is 1.66. The van der Waals surface area contributed by atoms with Crippen LogP contribution in [0, 0.1) is 0 Å². The summed E-state index contributed by atoms with van der Waals surface area (Å²) in [4.78, 5) is 28.5. The Bertz CT molecular complexity index is 786. The molecule has 0 N–H and O–H groups in total. The molecule has 0 saturated carbocycles. The van der Waals surface area contributed by atoms with Gasteiger partial charge in [0.15, 0.2) is 11.6 Å². The Balaban J connectivity index is 4.10. The highest BCUT2D eigenvalue weighted by Gasteiger charge is 2.45. The monoisotopic (exact) mass is 373 g/mol. The molecule has 136 valence electrons. The van der Waals surface area contributed by atoms with Crippen LogP contribution < -0.4 is 5.45 Å². The zero-order chi connectivity index (χ0) is 19.2. The maximum atomic E-state index is 12.9. The van der Waals surface area contributed by atoms with E-state index in [1.165, 1.54) is 27.9 Å². The molecule has 7 nitrogen and oxygen atoms in total. The lowest BCUT2D eigenvalue weighted by atomic mass is 10.2. The Hall–Kier alpha value is -1.32. The van der Waals surface area contributed by atoms with E-state index in [-0.39, 0.29) is 16.4 Å². The van der Waals surface area contributed by atoms with Crippen LogP contribution in [0.25, 0.3) is 0 Å². The second-order valence-corrected chi connectivity index (χ2v) is 14.9. The molecule has 0 aromatic carbocycles. The normalized spacial score (nSPS) is 13.4. The molecule has 1 rings (SSSR count). The summed E-state index contributed by atoms with van der Waals surface area (Å²) >= 11 is 0. The second-order valence-electron chi connectivity index (χ2n) is 7.67. The summed E-state index contributed by atoms with van der Waals surface area (Å²) in [5.41, 5.74) is 0.0860. The molecule has 0 atom stereocenters. The van der Waals surface area contributed by atoms with E-state index < -0.39 is 29.8 Å². The number of hydrogen-bond acceptors (Lipinski definition) is 5. The summed E-state index contributed by atoms with van der Waals surface area (Å²) in [5, 5.41) is -0.222. The maximum absolute atomic E-state index is 12.9. The summed E-state index contributed by atoms with van der Waals surface area (Å²) in [5.74, 6) is -0.920. The van der Waals surface area contributed by atoms with Crippen molar-refractivity contribution in [1.82, 2.24) is 13.3 Å². The number of rotatable bonds is 5. The van der Waals surface area contributed by atoms with Crippen LogP contribution in [0.15, 0.2) is 0 Å². The highest BCUT2D eigenvalue weighted by Crippen LogP contribution is 2.36. The van der Waals surface area contributed by atoms with E-state index >= 15 is 0 Å². The van der Waals surface area contributed by atoms with Crippen molar-refractivity contribution < 1.29 is 18.0 Å². The van der Waals surface area contributed by atoms with Crippen molar-refractivity contribution in [3.63, 3.8) is 0 Å². The Kier molecular flexibility index (Phi) is 5.35. The van der Waals surface area contributed by atoms with Crippen LogP contribution in [0.1, 0.15) is 55.6 Å². The van der Waals surface area contributed by atoms with Gasteiger partial charge in [-0.2, -0.15) is 12.7 Å². The number of hydrogen-bond donors (Lipinski definition) is 0. The third-order valence-corrected chi connectivity index (χ3v) is 11.7. The fourth-order valence-electron chi connectivity index (χ4n) is 2.08. The van der Waals surface area contributed by atoms with E-state index in [0.29, 0.717) is 5.45 Å². The molecular weight excluding hydrogens is 346 g/mol.